The number of hydrogen-bond acceptors (Lipinski definition) is 2. The molecule has 1 saturated carbocycles. The first-order valence-electron chi connectivity index (χ1n) is 5.89. The molecule has 4 atom stereocenters. The molecule has 2 nitrogen and oxygen atoms in total. The quantitative estimate of drug-likeness (QED) is 0.756. The van der Waals surface area contributed by atoms with Crippen molar-refractivity contribution in [3.05, 3.63) is 0 Å². The smallest absolute Gasteiger partial charge is 0.0574 e. The van der Waals surface area contributed by atoms with Gasteiger partial charge in [-0.25, -0.2) is 0 Å². The van der Waals surface area contributed by atoms with Crippen molar-refractivity contribution in [2.75, 3.05) is 7.11 Å². The van der Waals surface area contributed by atoms with E-state index in [1.807, 2.05) is 0 Å². The van der Waals surface area contributed by atoms with Crippen LogP contribution < -0.4 is 0 Å². The monoisotopic (exact) mass is 200 g/mol. The predicted molar refractivity (Wildman–Crippen MR) is 58.2 cm³/mol. The SMILES string of the molecule is CCC(O)C(C)C1CCCC(OC)C1. The minimum atomic E-state index is -0.129. The molecular weight excluding hydrogens is 176 g/mol. The van der Waals surface area contributed by atoms with E-state index in [1.54, 1.807) is 7.11 Å². The molecule has 84 valence electrons. The van der Waals surface area contributed by atoms with Crippen molar-refractivity contribution in [2.45, 2.75) is 58.2 Å². The van der Waals surface area contributed by atoms with Gasteiger partial charge in [0.2, 0.25) is 0 Å². The van der Waals surface area contributed by atoms with E-state index in [1.165, 1.54) is 19.3 Å². The van der Waals surface area contributed by atoms with Crippen LogP contribution in [0, 0.1) is 11.8 Å². The minimum Gasteiger partial charge on any atom is -0.393 e. The molecule has 0 amide bonds. The summed E-state index contributed by atoms with van der Waals surface area (Å²) in [4.78, 5) is 0. The Morgan fingerprint density at radius 2 is 2.14 bits per heavy atom. The molecule has 1 fully saturated rings. The van der Waals surface area contributed by atoms with Crippen molar-refractivity contribution in [1.29, 1.82) is 0 Å². The summed E-state index contributed by atoms with van der Waals surface area (Å²) in [6.45, 7) is 4.23. The zero-order valence-corrected chi connectivity index (χ0v) is 9.70. The fourth-order valence-electron chi connectivity index (χ4n) is 2.56. The number of ether oxygens (including phenoxy) is 1. The lowest BCUT2D eigenvalue weighted by molar-refractivity contribution is 0.00827. The molecule has 0 saturated heterocycles. The van der Waals surface area contributed by atoms with E-state index in [-0.39, 0.29) is 6.10 Å². The van der Waals surface area contributed by atoms with Crippen LogP contribution in [0.1, 0.15) is 46.0 Å². The zero-order valence-electron chi connectivity index (χ0n) is 9.70. The van der Waals surface area contributed by atoms with Gasteiger partial charge in [-0.2, -0.15) is 0 Å². The maximum absolute atomic E-state index is 9.80. The molecule has 0 aromatic heterocycles. The van der Waals surface area contributed by atoms with Crippen molar-refractivity contribution >= 4 is 0 Å². The number of rotatable bonds is 4. The average molecular weight is 200 g/mol. The summed E-state index contributed by atoms with van der Waals surface area (Å²) in [5.74, 6) is 1.08. The van der Waals surface area contributed by atoms with E-state index < -0.39 is 0 Å². The number of methoxy groups -OCH3 is 1. The van der Waals surface area contributed by atoms with Gasteiger partial charge in [0.1, 0.15) is 0 Å². The van der Waals surface area contributed by atoms with Crippen molar-refractivity contribution in [1.82, 2.24) is 0 Å². The highest BCUT2D eigenvalue weighted by Gasteiger charge is 2.28. The van der Waals surface area contributed by atoms with Gasteiger partial charge in [0.15, 0.2) is 0 Å². The highest BCUT2D eigenvalue weighted by atomic mass is 16.5. The highest BCUT2D eigenvalue weighted by molar-refractivity contribution is 4.79. The van der Waals surface area contributed by atoms with Crippen LogP contribution in [0.4, 0.5) is 0 Å². The van der Waals surface area contributed by atoms with Crippen molar-refractivity contribution < 1.29 is 9.84 Å². The Labute approximate surface area is 87.7 Å². The third-order valence-corrected chi connectivity index (χ3v) is 3.77. The van der Waals surface area contributed by atoms with Crippen LogP contribution in [0.2, 0.25) is 0 Å². The van der Waals surface area contributed by atoms with E-state index in [2.05, 4.69) is 13.8 Å². The Bertz CT molecular complexity index is 156. The summed E-state index contributed by atoms with van der Waals surface area (Å²) in [7, 11) is 1.80. The second kappa shape index (κ2) is 5.72. The Kier molecular flexibility index (Phi) is 4.90. The van der Waals surface area contributed by atoms with Crippen LogP contribution >= 0.6 is 0 Å². The molecule has 1 aliphatic carbocycles. The fraction of sp³-hybridized carbons (Fsp3) is 1.00. The summed E-state index contributed by atoms with van der Waals surface area (Å²) in [5.41, 5.74) is 0. The molecule has 1 aliphatic rings. The summed E-state index contributed by atoms with van der Waals surface area (Å²) < 4.78 is 5.40. The molecule has 14 heavy (non-hydrogen) atoms. The first-order chi connectivity index (χ1) is 6.69. The fourth-order valence-corrected chi connectivity index (χ4v) is 2.56. The van der Waals surface area contributed by atoms with Gasteiger partial charge in [0.05, 0.1) is 12.2 Å². The molecule has 0 aromatic carbocycles. The molecule has 0 heterocycles. The van der Waals surface area contributed by atoms with Crippen LogP contribution in [-0.2, 0) is 4.74 Å². The summed E-state index contributed by atoms with van der Waals surface area (Å²) in [6.07, 6.45) is 6.02. The van der Waals surface area contributed by atoms with Crippen LogP contribution in [-0.4, -0.2) is 24.4 Å². The number of aliphatic hydroxyl groups excluding tert-OH is 1. The van der Waals surface area contributed by atoms with Gasteiger partial charge >= 0.3 is 0 Å². The topological polar surface area (TPSA) is 29.5 Å². The highest BCUT2D eigenvalue weighted by Crippen LogP contribution is 2.33. The Morgan fingerprint density at radius 3 is 2.71 bits per heavy atom. The molecule has 4 unspecified atom stereocenters. The Balaban J connectivity index is 2.42. The zero-order chi connectivity index (χ0) is 10.6. The lowest BCUT2D eigenvalue weighted by Gasteiger charge is -2.34. The molecule has 0 spiro atoms. The third-order valence-electron chi connectivity index (χ3n) is 3.77. The van der Waals surface area contributed by atoms with Gasteiger partial charge in [0, 0.05) is 7.11 Å². The van der Waals surface area contributed by atoms with E-state index in [9.17, 15) is 5.11 Å². The number of aliphatic hydroxyl groups is 1. The lowest BCUT2D eigenvalue weighted by atomic mass is 9.77. The van der Waals surface area contributed by atoms with Gasteiger partial charge in [0.25, 0.3) is 0 Å². The molecule has 2 heteroatoms. The van der Waals surface area contributed by atoms with Gasteiger partial charge in [-0.3, -0.25) is 0 Å². The average Bonchev–Trinajstić information content (AvgIpc) is 2.27. The second-order valence-corrected chi connectivity index (χ2v) is 4.62. The first-order valence-corrected chi connectivity index (χ1v) is 5.89. The van der Waals surface area contributed by atoms with Gasteiger partial charge < -0.3 is 9.84 Å². The predicted octanol–water partition coefficient (Wildman–Crippen LogP) is 2.60. The Hall–Kier alpha value is -0.0800. The molecule has 0 aliphatic heterocycles. The lowest BCUT2D eigenvalue weighted by Crippen LogP contribution is -2.31. The molecular formula is C12H24O2. The third kappa shape index (κ3) is 2.96. The molecule has 0 bridgehead atoms. The minimum absolute atomic E-state index is 0.129. The maximum Gasteiger partial charge on any atom is 0.0574 e. The second-order valence-electron chi connectivity index (χ2n) is 4.62. The Morgan fingerprint density at radius 1 is 1.43 bits per heavy atom. The van der Waals surface area contributed by atoms with Crippen molar-refractivity contribution in [2.24, 2.45) is 11.8 Å². The molecule has 1 N–H and O–H groups in total. The van der Waals surface area contributed by atoms with Crippen molar-refractivity contribution in [3.63, 3.8) is 0 Å². The van der Waals surface area contributed by atoms with E-state index in [0.717, 1.165) is 12.8 Å². The van der Waals surface area contributed by atoms with E-state index >= 15 is 0 Å². The normalized spacial score (nSPS) is 32.6. The number of hydrogen-bond donors (Lipinski definition) is 1. The van der Waals surface area contributed by atoms with E-state index in [4.69, 9.17) is 4.74 Å². The van der Waals surface area contributed by atoms with Crippen LogP contribution in [0.5, 0.6) is 0 Å². The van der Waals surface area contributed by atoms with Crippen LogP contribution in [0.15, 0.2) is 0 Å². The van der Waals surface area contributed by atoms with Crippen molar-refractivity contribution in [3.8, 4) is 0 Å². The summed E-state index contributed by atoms with van der Waals surface area (Å²) >= 11 is 0. The standard InChI is InChI=1S/C12H24O2/c1-4-12(13)9(2)10-6-5-7-11(8-10)14-3/h9-13H,4-8H2,1-3H3. The first kappa shape index (κ1) is 12.0. The van der Waals surface area contributed by atoms with Gasteiger partial charge in [-0.1, -0.05) is 20.3 Å². The largest absolute Gasteiger partial charge is 0.393 e. The van der Waals surface area contributed by atoms with Gasteiger partial charge in [-0.15, -0.1) is 0 Å². The molecule has 1 rings (SSSR count). The molecule has 0 radical (unpaired) electrons. The van der Waals surface area contributed by atoms with Crippen LogP contribution in [0.25, 0.3) is 0 Å². The van der Waals surface area contributed by atoms with Gasteiger partial charge in [-0.05, 0) is 37.5 Å². The molecule has 0 aromatic rings. The summed E-state index contributed by atoms with van der Waals surface area (Å²) in [6, 6.07) is 0. The van der Waals surface area contributed by atoms with Crippen LogP contribution in [0.3, 0.4) is 0 Å². The summed E-state index contributed by atoms with van der Waals surface area (Å²) in [5, 5.41) is 9.80. The maximum atomic E-state index is 9.80. The van der Waals surface area contributed by atoms with E-state index in [0.29, 0.717) is 17.9 Å².